The van der Waals surface area contributed by atoms with Crippen LogP contribution in [0.1, 0.15) is 36.8 Å². The Morgan fingerprint density at radius 2 is 1.92 bits per heavy atom. The van der Waals surface area contributed by atoms with Crippen molar-refractivity contribution in [3.05, 3.63) is 59.9 Å². The SMILES string of the molecule is CCN1CCC(N2CC(Cc3cccnc3)c3ccccc32)CC1. The summed E-state index contributed by atoms with van der Waals surface area (Å²) in [6, 6.07) is 14.0. The van der Waals surface area contributed by atoms with Crippen molar-refractivity contribution < 1.29 is 0 Å². The van der Waals surface area contributed by atoms with Crippen LogP contribution in [0.5, 0.6) is 0 Å². The first kappa shape index (κ1) is 15.6. The second-order valence-electron chi connectivity index (χ2n) is 7.14. The van der Waals surface area contributed by atoms with Gasteiger partial charge in [-0.25, -0.2) is 0 Å². The van der Waals surface area contributed by atoms with Gasteiger partial charge >= 0.3 is 0 Å². The molecule has 0 amide bonds. The van der Waals surface area contributed by atoms with E-state index in [0.717, 1.165) is 13.0 Å². The number of likely N-dealkylation sites (tertiary alicyclic amines) is 1. The Morgan fingerprint density at radius 3 is 2.67 bits per heavy atom. The highest BCUT2D eigenvalue weighted by atomic mass is 15.2. The smallest absolute Gasteiger partial charge is 0.0405 e. The third kappa shape index (κ3) is 3.05. The number of pyridine rings is 1. The molecule has 2 aliphatic heterocycles. The van der Waals surface area contributed by atoms with E-state index >= 15 is 0 Å². The number of hydrogen-bond acceptors (Lipinski definition) is 3. The fourth-order valence-corrected chi connectivity index (χ4v) is 4.40. The fourth-order valence-electron chi connectivity index (χ4n) is 4.40. The first-order valence-corrected chi connectivity index (χ1v) is 9.32. The molecule has 0 spiro atoms. The van der Waals surface area contributed by atoms with Gasteiger partial charge in [-0.05, 0) is 49.1 Å². The van der Waals surface area contributed by atoms with Crippen LogP contribution in [0, 0.1) is 0 Å². The molecule has 1 fully saturated rings. The molecule has 2 aromatic rings. The van der Waals surface area contributed by atoms with Gasteiger partial charge in [0.1, 0.15) is 0 Å². The number of piperidine rings is 1. The van der Waals surface area contributed by atoms with Crippen molar-refractivity contribution in [2.45, 2.75) is 38.1 Å². The normalized spacial score (nSPS) is 21.9. The molecule has 0 saturated carbocycles. The average Bonchev–Trinajstić information content (AvgIpc) is 3.01. The maximum Gasteiger partial charge on any atom is 0.0405 e. The molecule has 1 unspecified atom stereocenters. The lowest BCUT2D eigenvalue weighted by molar-refractivity contribution is 0.219. The Kier molecular flexibility index (Phi) is 4.52. The summed E-state index contributed by atoms with van der Waals surface area (Å²) in [6.45, 7) is 7.10. The van der Waals surface area contributed by atoms with Crippen molar-refractivity contribution in [2.75, 3.05) is 31.1 Å². The molecular weight excluding hydrogens is 294 g/mol. The van der Waals surface area contributed by atoms with Gasteiger partial charge in [-0.15, -0.1) is 0 Å². The summed E-state index contributed by atoms with van der Waals surface area (Å²) in [6.07, 6.45) is 7.56. The van der Waals surface area contributed by atoms with Crippen LogP contribution in [0.3, 0.4) is 0 Å². The van der Waals surface area contributed by atoms with Gasteiger partial charge in [-0.1, -0.05) is 31.2 Å². The largest absolute Gasteiger partial charge is 0.368 e. The molecule has 24 heavy (non-hydrogen) atoms. The van der Waals surface area contributed by atoms with Crippen LogP contribution < -0.4 is 4.90 Å². The van der Waals surface area contributed by atoms with Crippen molar-refractivity contribution in [2.24, 2.45) is 0 Å². The number of benzene rings is 1. The molecule has 3 heterocycles. The predicted molar refractivity (Wildman–Crippen MR) is 99.6 cm³/mol. The molecule has 0 bridgehead atoms. The van der Waals surface area contributed by atoms with Gasteiger partial charge in [-0.3, -0.25) is 4.98 Å². The summed E-state index contributed by atoms with van der Waals surface area (Å²) in [4.78, 5) is 9.56. The van der Waals surface area contributed by atoms with E-state index in [4.69, 9.17) is 0 Å². The first-order chi connectivity index (χ1) is 11.8. The van der Waals surface area contributed by atoms with E-state index in [2.05, 4.69) is 58.1 Å². The van der Waals surface area contributed by atoms with E-state index in [-0.39, 0.29) is 0 Å². The molecule has 0 aliphatic carbocycles. The summed E-state index contributed by atoms with van der Waals surface area (Å²) in [5, 5.41) is 0. The van der Waals surface area contributed by atoms with E-state index in [1.165, 1.54) is 49.3 Å². The quantitative estimate of drug-likeness (QED) is 0.856. The molecule has 1 saturated heterocycles. The van der Waals surface area contributed by atoms with Gasteiger partial charge in [0, 0.05) is 49.7 Å². The van der Waals surface area contributed by atoms with Crippen LogP contribution in [-0.2, 0) is 6.42 Å². The maximum absolute atomic E-state index is 4.29. The Labute approximate surface area is 145 Å². The number of rotatable bonds is 4. The number of hydrogen-bond donors (Lipinski definition) is 0. The maximum atomic E-state index is 4.29. The van der Waals surface area contributed by atoms with Crippen LogP contribution in [0.2, 0.25) is 0 Å². The molecular formula is C21H27N3. The molecule has 126 valence electrons. The van der Waals surface area contributed by atoms with Crippen LogP contribution in [0.25, 0.3) is 0 Å². The lowest BCUT2D eigenvalue weighted by atomic mass is 9.94. The molecule has 4 rings (SSSR count). The van der Waals surface area contributed by atoms with Crippen molar-refractivity contribution in [3.8, 4) is 0 Å². The first-order valence-electron chi connectivity index (χ1n) is 9.32. The van der Waals surface area contributed by atoms with Crippen molar-refractivity contribution >= 4 is 5.69 Å². The molecule has 1 atom stereocenters. The second kappa shape index (κ2) is 6.94. The minimum atomic E-state index is 0.592. The summed E-state index contributed by atoms with van der Waals surface area (Å²) >= 11 is 0. The average molecular weight is 321 g/mol. The lowest BCUT2D eigenvalue weighted by Gasteiger charge is -2.38. The summed E-state index contributed by atoms with van der Waals surface area (Å²) in [5.41, 5.74) is 4.35. The topological polar surface area (TPSA) is 19.4 Å². The van der Waals surface area contributed by atoms with Gasteiger partial charge in [0.25, 0.3) is 0 Å². The highest BCUT2D eigenvalue weighted by Crippen LogP contribution is 2.40. The molecule has 0 radical (unpaired) electrons. The second-order valence-corrected chi connectivity index (χ2v) is 7.14. The molecule has 1 aromatic carbocycles. The minimum Gasteiger partial charge on any atom is -0.368 e. The summed E-state index contributed by atoms with van der Waals surface area (Å²) < 4.78 is 0. The Bertz CT molecular complexity index is 662. The Morgan fingerprint density at radius 1 is 1.08 bits per heavy atom. The Hall–Kier alpha value is -1.87. The van der Waals surface area contributed by atoms with E-state index in [1.807, 2.05) is 12.4 Å². The highest BCUT2D eigenvalue weighted by Gasteiger charge is 2.33. The number of fused-ring (bicyclic) bond motifs is 1. The van der Waals surface area contributed by atoms with E-state index in [9.17, 15) is 0 Å². The van der Waals surface area contributed by atoms with Crippen LogP contribution in [0.4, 0.5) is 5.69 Å². The summed E-state index contributed by atoms with van der Waals surface area (Å²) in [5.74, 6) is 0.592. The monoisotopic (exact) mass is 321 g/mol. The van der Waals surface area contributed by atoms with Gasteiger partial charge in [0.2, 0.25) is 0 Å². The minimum absolute atomic E-state index is 0.592. The zero-order chi connectivity index (χ0) is 16.4. The van der Waals surface area contributed by atoms with Gasteiger partial charge < -0.3 is 9.80 Å². The molecule has 0 N–H and O–H groups in total. The zero-order valence-corrected chi connectivity index (χ0v) is 14.6. The fraction of sp³-hybridized carbons (Fsp3) is 0.476. The molecule has 2 aliphatic rings. The highest BCUT2D eigenvalue weighted by molar-refractivity contribution is 5.61. The predicted octanol–water partition coefficient (Wildman–Crippen LogP) is 3.71. The molecule has 3 nitrogen and oxygen atoms in total. The number of nitrogens with zero attached hydrogens (tertiary/aromatic N) is 3. The van der Waals surface area contributed by atoms with Gasteiger partial charge in [0.15, 0.2) is 0 Å². The zero-order valence-electron chi connectivity index (χ0n) is 14.6. The van der Waals surface area contributed by atoms with E-state index in [1.54, 1.807) is 0 Å². The number of anilines is 1. The van der Waals surface area contributed by atoms with Crippen molar-refractivity contribution in [3.63, 3.8) is 0 Å². The third-order valence-corrected chi connectivity index (χ3v) is 5.75. The summed E-state index contributed by atoms with van der Waals surface area (Å²) in [7, 11) is 0. The molecule has 3 heteroatoms. The van der Waals surface area contributed by atoms with Gasteiger partial charge in [-0.2, -0.15) is 0 Å². The van der Waals surface area contributed by atoms with Gasteiger partial charge in [0.05, 0.1) is 0 Å². The van der Waals surface area contributed by atoms with E-state index in [0.29, 0.717) is 12.0 Å². The molecule has 1 aromatic heterocycles. The van der Waals surface area contributed by atoms with Crippen LogP contribution in [-0.4, -0.2) is 42.1 Å². The van der Waals surface area contributed by atoms with E-state index < -0.39 is 0 Å². The van der Waals surface area contributed by atoms with Crippen molar-refractivity contribution in [1.82, 2.24) is 9.88 Å². The standard InChI is InChI=1S/C21H27N3/c1-2-23-12-9-19(10-13-23)24-16-18(14-17-6-5-11-22-15-17)20-7-3-4-8-21(20)24/h3-8,11,15,18-19H,2,9-10,12-14,16H2,1H3. The Balaban J connectivity index is 1.53. The van der Waals surface area contributed by atoms with Crippen LogP contribution >= 0.6 is 0 Å². The number of para-hydroxylation sites is 1. The van der Waals surface area contributed by atoms with Crippen molar-refractivity contribution in [1.29, 1.82) is 0 Å². The lowest BCUT2D eigenvalue weighted by Crippen LogP contribution is -2.44. The third-order valence-electron chi connectivity index (χ3n) is 5.75. The number of aromatic nitrogens is 1. The van der Waals surface area contributed by atoms with Crippen LogP contribution in [0.15, 0.2) is 48.8 Å².